The van der Waals surface area contributed by atoms with E-state index in [-0.39, 0.29) is 55.4 Å². The van der Waals surface area contributed by atoms with Gasteiger partial charge in [0, 0.05) is 57.5 Å². The van der Waals surface area contributed by atoms with Crippen molar-refractivity contribution in [3.8, 4) is 0 Å². The van der Waals surface area contributed by atoms with Crippen LogP contribution in [0.3, 0.4) is 0 Å². The maximum Gasteiger partial charge on any atom is 0.416 e. The van der Waals surface area contributed by atoms with Crippen LogP contribution in [0.5, 0.6) is 0 Å². The first-order chi connectivity index (χ1) is 23.0. The summed E-state index contributed by atoms with van der Waals surface area (Å²) in [6.45, 7) is 2.08. The van der Waals surface area contributed by atoms with Crippen molar-refractivity contribution in [1.29, 1.82) is 0 Å². The summed E-state index contributed by atoms with van der Waals surface area (Å²) in [4.78, 5) is 44.6. The van der Waals surface area contributed by atoms with Gasteiger partial charge in [-0.15, -0.1) is 5.10 Å². The lowest BCUT2D eigenvalue weighted by Gasteiger charge is -2.42. The first-order valence-corrected chi connectivity index (χ1v) is 15.6. The van der Waals surface area contributed by atoms with Crippen LogP contribution in [0.2, 0.25) is 0 Å². The van der Waals surface area contributed by atoms with Gasteiger partial charge < -0.3 is 14.7 Å². The molecular weight excluding hydrogens is 663 g/mol. The van der Waals surface area contributed by atoms with Crippen molar-refractivity contribution in [1.82, 2.24) is 34.9 Å². The molecule has 0 bridgehead atoms. The first kappa shape index (κ1) is 35.7. The van der Waals surface area contributed by atoms with Crippen molar-refractivity contribution in [3.63, 3.8) is 0 Å². The van der Waals surface area contributed by atoms with E-state index in [0.29, 0.717) is 49.2 Å². The minimum Gasteiger partial charge on any atom is -0.342 e. The van der Waals surface area contributed by atoms with Crippen LogP contribution >= 0.6 is 0 Å². The normalized spacial score (nSPS) is 19.2. The van der Waals surface area contributed by atoms with Gasteiger partial charge in [-0.25, -0.2) is 9.07 Å². The summed E-state index contributed by atoms with van der Waals surface area (Å²) in [6, 6.07) is 5.27. The van der Waals surface area contributed by atoms with Crippen LogP contribution in [0.1, 0.15) is 53.0 Å². The molecule has 2 aliphatic heterocycles. The van der Waals surface area contributed by atoms with Crippen LogP contribution < -0.4 is 0 Å². The highest BCUT2D eigenvalue weighted by Gasteiger charge is 2.41. The molecule has 0 spiro atoms. The Morgan fingerprint density at radius 1 is 0.898 bits per heavy atom. The van der Waals surface area contributed by atoms with Gasteiger partial charge in [-0.3, -0.25) is 14.4 Å². The second-order valence-electron chi connectivity index (χ2n) is 12.6. The molecule has 3 aromatic rings. The standard InChI is InChI=1S/C32H34F7N7O3/c1-19-11-24(33)3-4-25(19)27-16-45(29(48)21-5-8-44(9-6-21)28(47)17-46-18-40-41-42-46)10-7-26(27)30(49)43(2)15-20-12-22(31(34,35)36)14-23(13-20)32(37,38)39/h3-4,11-14,18,21,26-27H,5-10,15-17H2,1-2H3/t26-,27+/m1/s1. The number of aryl methyl sites for hydroxylation is 1. The Morgan fingerprint density at radius 3 is 2.10 bits per heavy atom. The molecule has 5 rings (SSSR count). The number of likely N-dealkylation sites (tertiary alicyclic amines) is 2. The fraction of sp³-hybridized carbons (Fsp3) is 0.500. The molecule has 0 unspecified atom stereocenters. The Bertz CT molecular complexity index is 1640. The van der Waals surface area contributed by atoms with Crippen molar-refractivity contribution >= 4 is 17.7 Å². The van der Waals surface area contributed by atoms with Crippen LogP contribution in [0.25, 0.3) is 0 Å². The molecule has 17 heteroatoms. The van der Waals surface area contributed by atoms with Gasteiger partial charge in [0.2, 0.25) is 17.7 Å². The van der Waals surface area contributed by atoms with Gasteiger partial charge in [0.15, 0.2) is 0 Å². The van der Waals surface area contributed by atoms with E-state index in [1.165, 1.54) is 36.3 Å². The zero-order chi connectivity index (χ0) is 35.7. The Hall–Kier alpha value is -4.57. The third kappa shape index (κ3) is 8.36. The zero-order valence-corrected chi connectivity index (χ0v) is 26.6. The van der Waals surface area contributed by atoms with E-state index >= 15 is 0 Å². The van der Waals surface area contributed by atoms with E-state index in [1.807, 2.05) is 0 Å². The predicted octanol–water partition coefficient (Wildman–Crippen LogP) is 4.69. The summed E-state index contributed by atoms with van der Waals surface area (Å²) < 4.78 is 96.1. The summed E-state index contributed by atoms with van der Waals surface area (Å²) >= 11 is 0. The number of amides is 3. The van der Waals surface area contributed by atoms with E-state index in [2.05, 4.69) is 15.5 Å². The SMILES string of the molecule is Cc1cc(F)ccc1[C@@H]1CN(C(=O)C2CCN(C(=O)Cn3cnnn3)CC2)CC[C@H]1C(=O)N(C)Cc1cc(C(F)(F)F)cc(C(F)(F)F)c1. The van der Waals surface area contributed by atoms with Gasteiger partial charge in [0.25, 0.3) is 0 Å². The average molecular weight is 698 g/mol. The average Bonchev–Trinajstić information content (AvgIpc) is 3.56. The van der Waals surface area contributed by atoms with E-state index in [4.69, 9.17) is 0 Å². The second-order valence-corrected chi connectivity index (χ2v) is 12.6. The Kier molecular flexibility index (Phi) is 10.3. The van der Waals surface area contributed by atoms with Crippen LogP contribution in [0, 0.1) is 24.6 Å². The molecule has 10 nitrogen and oxygen atoms in total. The Labute approximate surface area is 276 Å². The molecule has 2 aliphatic rings. The summed E-state index contributed by atoms with van der Waals surface area (Å²) in [5.74, 6) is -3.17. The van der Waals surface area contributed by atoms with E-state index < -0.39 is 53.6 Å². The molecule has 2 aromatic carbocycles. The summed E-state index contributed by atoms with van der Waals surface area (Å²) in [5.41, 5.74) is -2.17. The van der Waals surface area contributed by atoms with Gasteiger partial charge >= 0.3 is 12.4 Å². The minimum atomic E-state index is -5.04. The van der Waals surface area contributed by atoms with Crippen molar-refractivity contribution in [2.75, 3.05) is 33.2 Å². The molecule has 0 aliphatic carbocycles. The highest BCUT2D eigenvalue weighted by molar-refractivity contribution is 5.83. The highest BCUT2D eigenvalue weighted by atomic mass is 19.4. The van der Waals surface area contributed by atoms with Gasteiger partial charge in [0.1, 0.15) is 18.7 Å². The fourth-order valence-corrected chi connectivity index (χ4v) is 6.69. The van der Waals surface area contributed by atoms with E-state index in [9.17, 15) is 45.1 Å². The number of carbonyl (C=O) groups is 3. The molecule has 0 saturated carbocycles. The van der Waals surface area contributed by atoms with Gasteiger partial charge in [-0.2, -0.15) is 26.3 Å². The van der Waals surface area contributed by atoms with Gasteiger partial charge in [-0.1, -0.05) is 6.07 Å². The van der Waals surface area contributed by atoms with Gasteiger partial charge in [0.05, 0.1) is 11.1 Å². The largest absolute Gasteiger partial charge is 0.416 e. The van der Waals surface area contributed by atoms with E-state index in [1.54, 1.807) is 16.7 Å². The number of halogens is 7. The van der Waals surface area contributed by atoms with Crippen molar-refractivity contribution < 1.29 is 45.1 Å². The monoisotopic (exact) mass is 697 g/mol. The number of rotatable bonds is 7. The molecule has 0 radical (unpaired) electrons. The molecule has 2 fully saturated rings. The molecule has 3 amide bonds. The first-order valence-electron chi connectivity index (χ1n) is 15.6. The molecule has 264 valence electrons. The van der Waals surface area contributed by atoms with Crippen LogP contribution in [-0.4, -0.2) is 85.9 Å². The number of alkyl halides is 6. The summed E-state index contributed by atoms with van der Waals surface area (Å²) in [5, 5.41) is 10.7. The molecule has 1 aromatic heterocycles. The molecule has 3 heterocycles. The number of nitrogens with zero attached hydrogens (tertiary/aromatic N) is 7. The highest BCUT2D eigenvalue weighted by Crippen LogP contribution is 2.39. The minimum absolute atomic E-state index is 0.0302. The number of carbonyl (C=O) groups excluding carboxylic acids is 3. The Balaban J connectivity index is 1.31. The lowest BCUT2D eigenvalue weighted by Crippen LogP contribution is -2.51. The number of benzene rings is 2. The number of piperidine rings is 2. The zero-order valence-electron chi connectivity index (χ0n) is 26.6. The molecule has 0 N–H and O–H groups in total. The van der Waals surface area contributed by atoms with E-state index in [0.717, 1.165) is 4.90 Å². The molecule has 49 heavy (non-hydrogen) atoms. The Morgan fingerprint density at radius 2 is 1.53 bits per heavy atom. The lowest BCUT2D eigenvalue weighted by atomic mass is 9.77. The maximum atomic E-state index is 14.1. The van der Waals surface area contributed by atoms with Crippen molar-refractivity contribution in [3.05, 3.63) is 76.4 Å². The maximum absolute atomic E-state index is 14.1. The number of aromatic nitrogens is 4. The third-order valence-electron chi connectivity index (χ3n) is 9.20. The lowest BCUT2D eigenvalue weighted by molar-refractivity contribution is -0.145. The second kappa shape index (κ2) is 14.1. The topological polar surface area (TPSA) is 105 Å². The van der Waals surface area contributed by atoms with Crippen molar-refractivity contribution in [2.45, 2.75) is 57.5 Å². The van der Waals surface area contributed by atoms with Crippen LogP contribution in [0.4, 0.5) is 30.7 Å². The fourth-order valence-electron chi connectivity index (χ4n) is 6.69. The number of hydrogen-bond donors (Lipinski definition) is 0. The molecule has 2 saturated heterocycles. The van der Waals surface area contributed by atoms with Gasteiger partial charge in [-0.05, 0) is 83.6 Å². The third-order valence-corrected chi connectivity index (χ3v) is 9.20. The van der Waals surface area contributed by atoms with Crippen molar-refractivity contribution in [2.24, 2.45) is 11.8 Å². The summed E-state index contributed by atoms with van der Waals surface area (Å²) in [6.07, 6.45) is -7.75. The molecular formula is C32H34F7N7O3. The number of tetrazole rings is 1. The number of hydrogen-bond acceptors (Lipinski definition) is 6. The van der Waals surface area contributed by atoms with Crippen LogP contribution in [0.15, 0.2) is 42.7 Å². The van der Waals surface area contributed by atoms with Crippen LogP contribution in [-0.2, 0) is 39.8 Å². The summed E-state index contributed by atoms with van der Waals surface area (Å²) in [7, 11) is 1.30. The quantitative estimate of drug-likeness (QED) is 0.332. The smallest absolute Gasteiger partial charge is 0.342 e. The molecule has 2 atom stereocenters. The predicted molar refractivity (Wildman–Crippen MR) is 159 cm³/mol.